The molecule has 6 heteroatoms. The Morgan fingerprint density at radius 3 is 1.88 bits per heavy atom. The van der Waals surface area contributed by atoms with Crippen LogP contribution in [0.25, 0.3) is 0 Å². The van der Waals surface area contributed by atoms with E-state index in [-0.39, 0.29) is 28.8 Å². The first kappa shape index (κ1) is 24.6. The molecule has 0 saturated carbocycles. The van der Waals surface area contributed by atoms with Crippen LogP contribution in [-0.2, 0) is 6.42 Å². The number of hydrogen-bond donors (Lipinski definition) is 0. The van der Waals surface area contributed by atoms with Gasteiger partial charge in [-0.3, -0.25) is 9.09 Å². The van der Waals surface area contributed by atoms with Gasteiger partial charge in [-0.1, -0.05) is 66.2 Å². The number of aryl methyl sites for hydroxylation is 1. The van der Waals surface area contributed by atoms with E-state index in [4.69, 9.17) is 4.52 Å². The summed E-state index contributed by atoms with van der Waals surface area (Å²) in [6, 6.07) is 33.2. The molecule has 1 aliphatic rings. The second-order valence-corrected chi connectivity index (χ2v) is 12.4. The quantitative estimate of drug-likeness (QED) is 0.339. The molecule has 2 heterocycles. The van der Waals surface area contributed by atoms with Gasteiger partial charge in [-0.05, 0) is 62.1 Å². The maximum atomic E-state index is 12.4. The summed E-state index contributed by atoms with van der Waals surface area (Å²) in [5.74, 6) is 0.518. The third-order valence-corrected chi connectivity index (χ3v) is 11.4. The predicted molar refractivity (Wildman–Crippen MR) is 137 cm³/mol. The van der Waals surface area contributed by atoms with Gasteiger partial charge >= 0.3 is 5.76 Å². The zero-order valence-corrected chi connectivity index (χ0v) is 21.7. The van der Waals surface area contributed by atoms with Gasteiger partial charge in [-0.25, -0.2) is 4.79 Å². The summed E-state index contributed by atoms with van der Waals surface area (Å²) in [4.78, 5) is 12.4. The number of benzene rings is 3. The van der Waals surface area contributed by atoms with Gasteiger partial charge in [0.25, 0.3) is 0 Å². The first-order valence-electron chi connectivity index (χ1n) is 11.9. The van der Waals surface area contributed by atoms with Gasteiger partial charge in [-0.2, -0.15) is 0 Å². The van der Waals surface area contributed by atoms with Crippen molar-refractivity contribution in [1.82, 2.24) is 9.72 Å². The van der Waals surface area contributed by atoms with Crippen LogP contribution in [0.2, 0.25) is 0 Å². The van der Waals surface area contributed by atoms with Crippen LogP contribution in [0, 0.1) is 0 Å². The molecule has 1 unspecified atom stereocenters. The summed E-state index contributed by atoms with van der Waals surface area (Å²) < 4.78 is 6.86. The Kier molecular flexibility index (Phi) is 8.18. The lowest BCUT2D eigenvalue weighted by Gasteiger charge is -2.28. The summed E-state index contributed by atoms with van der Waals surface area (Å²) >= 11 is 0. The number of nitrogens with zero attached hydrogens (tertiary/aromatic N) is 2. The van der Waals surface area contributed by atoms with Crippen LogP contribution in [0.15, 0.2) is 100 Å². The lowest BCUT2D eigenvalue weighted by atomic mass is 10.1. The standard InChI is InChI=1S/C28H30N2O2P.BrH/c31-28-30-23(13-10-11-21-27(30)29-32-28)14-12-22-33(24-15-4-1-5-16-24,25-17-6-2-7-18-25)26-19-8-3-9-20-26;/h1-9,15-20,23H,10-14,21-22H2;1H/q+1;/p-1. The number of fused-ring (bicyclic) bond motifs is 1. The summed E-state index contributed by atoms with van der Waals surface area (Å²) in [7, 11) is -1.84. The average molecular weight is 537 g/mol. The van der Waals surface area contributed by atoms with E-state index in [1.165, 1.54) is 15.9 Å². The Balaban J connectivity index is 0.00000274. The fourth-order valence-electron chi connectivity index (χ4n) is 5.32. The minimum absolute atomic E-state index is 0. The maximum absolute atomic E-state index is 12.4. The molecule has 34 heavy (non-hydrogen) atoms. The SMILES string of the molecule is O=c1onc2n1C(CCC[P+](c1ccccc1)(c1ccccc1)c1ccccc1)CCCC2.[Br-]. The highest BCUT2D eigenvalue weighted by molar-refractivity contribution is 7.95. The molecule has 0 fully saturated rings. The van der Waals surface area contributed by atoms with Gasteiger partial charge in [-0.15, -0.1) is 0 Å². The second-order valence-electron chi connectivity index (χ2n) is 8.82. The summed E-state index contributed by atoms with van der Waals surface area (Å²) in [5.41, 5.74) is 0. The van der Waals surface area contributed by atoms with Crippen LogP contribution in [0.1, 0.15) is 44.0 Å². The first-order chi connectivity index (χ1) is 16.3. The smallest absolute Gasteiger partial charge is 0.441 e. The van der Waals surface area contributed by atoms with Crippen LogP contribution < -0.4 is 38.7 Å². The number of aromatic nitrogens is 2. The van der Waals surface area contributed by atoms with E-state index in [2.05, 4.69) is 96.2 Å². The molecule has 0 N–H and O–H groups in total. The van der Waals surface area contributed by atoms with Crippen molar-refractivity contribution in [3.63, 3.8) is 0 Å². The highest BCUT2D eigenvalue weighted by Gasteiger charge is 2.44. The van der Waals surface area contributed by atoms with E-state index in [1.807, 2.05) is 4.57 Å². The second kappa shape index (κ2) is 11.3. The minimum atomic E-state index is -1.84. The molecule has 0 bridgehead atoms. The molecular weight excluding hydrogens is 507 g/mol. The van der Waals surface area contributed by atoms with Crippen molar-refractivity contribution in [2.75, 3.05) is 6.16 Å². The van der Waals surface area contributed by atoms with Gasteiger partial charge in [0.15, 0.2) is 5.82 Å². The Hall–Kier alpha value is -2.49. The van der Waals surface area contributed by atoms with E-state index < -0.39 is 7.26 Å². The normalized spacial score (nSPS) is 15.7. The van der Waals surface area contributed by atoms with E-state index >= 15 is 0 Å². The number of halogens is 1. The molecular formula is C28H30BrN2O2P. The summed E-state index contributed by atoms with van der Waals surface area (Å²) in [6.07, 6.45) is 7.10. The topological polar surface area (TPSA) is 48.0 Å². The van der Waals surface area contributed by atoms with Crippen LogP contribution in [0.4, 0.5) is 0 Å². The molecule has 1 aliphatic heterocycles. The Labute approximate surface area is 212 Å². The monoisotopic (exact) mass is 536 g/mol. The van der Waals surface area contributed by atoms with E-state index in [1.54, 1.807) is 0 Å². The fraction of sp³-hybridized carbons (Fsp3) is 0.286. The highest BCUT2D eigenvalue weighted by Crippen LogP contribution is 2.56. The largest absolute Gasteiger partial charge is 1.00 e. The molecule has 0 radical (unpaired) electrons. The molecule has 4 nitrogen and oxygen atoms in total. The molecule has 3 aromatic carbocycles. The molecule has 1 atom stereocenters. The fourth-order valence-corrected chi connectivity index (χ4v) is 9.69. The van der Waals surface area contributed by atoms with Crippen LogP contribution in [-0.4, -0.2) is 15.9 Å². The Bertz CT molecular complexity index is 1130. The van der Waals surface area contributed by atoms with Crippen molar-refractivity contribution < 1.29 is 21.5 Å². The predicted octanol–water partition coefficient (Wildman–Crippen LogP) is 1.88. The summed E-state index contributed by atoms with van der Waals surface area (Å²) in [6.45, 7) is 0. The van der Waals surface area contributed by atoms with E-state index in [0.29, 0.717) is 0 Å². The molecule has 176 valence electrons. The Morgan fingerprint density at radius 2 is 1.35 bits per heavy atom. The average Bonchev–Trinajstić information content (AvgIpc) is 3.12. The molecule has 0 spiro atoms. The van der Waals surface area contributed by atoms with Crippen molar-refractivity contribution >= 4 is 23.2 Å². The van der Waals surface area contributed by atoms with Gasteiger partial charge in [0.1, 0.15) is 23.2 Å². The lowest BCUT2D eigenvalue weighted by molar-refractivity contribution is -0.00000714. The first-order valence-corrected chi connectivity index (χ1v) is 13.9. The molecule has 4 aromatic rings. The number of rotatable bonds is 7. The van der Waals surface area contributed by atoms with Crippen molar-refractivity contribution in [2.24, 2.45) is 0 Å². The van der Waals surface area contributed by atoms with Crippen LogP contribution in [0.5, 0.6) is 0 Å². The van der Waals surface area contributed by atoms with Gasteiger partial charge in [0.05, 0.1) is 6.16 Å². The molecule has 5 rings (SSSR count). The zero-order valence-electron chi connectivity index (χ0n) is 19.2. The Morgan fingerprint density at radius 1 is 0.824 bits per heavy atom. The molecule has 0 aliphatic carbocycles. The number of hydrogen-bond acceptors (Lipinski definition) is 3. The van der Waals surface area contributed by atoms with Crippen molar-refractivity contribution in [1.29, 1.82) is 0 Å². The third kappa shape index (κ3) is 4.82. The molecule has 0 saturated heterocycles. The minimum Gasteiger partial charge on any atom is -1.00 e. The van der Waals surface area contributed by atoms with E-state index in [9.17, 15) is 4.79 Å². The van der Waals surface area contributed by atoms with Crippen molar-refractivity contribution in [2.45, 2.75) is 44.6 Å². The van der Waals surface area contributed by atoms with Crippen LogP contribution in [0.3, 0.4) is 0 Å². The maximum Gasteiger partial charge on any atom is 0.441 e. The van der Waals surface area contributed by atoms with Gasteiger partial charge in [0.2, 0.25) is 0 Å². The third-order valence-electron chi connectivity index (χ3n) is 6.88. The highest BCUT2D eigenvalue weighted by atomic mass is 79.9. The van der Waals surface area contributed by atoms with Crippen molar-refractivity contribution in [3.8, 4) is 0 Å². The van der Waals surface area contributed by atoms with Gasteiger partial charge in [0, 0.05) is 12.5 Å². The van der Waals surface area contributed by atoms with Crippen LogP contribution >= 0.6 is 7.26 Å². The molecule has 0 amide bonds. The van der Waals surface area contributed by atoms with Gasteiger partial charge < -0.3 is 17.0 Å². The van der Waals surface area contributed by atoms with Crippen molar-refractivity contribution in [3.05, 3.63) is 107 Å². The lowest BCUT2D eigenvalue weighted by Crippen LogP contribution is -3.00. The van der Waals surface area contributed by atoms with E-state index in [0.717, 1.165) is 50.5 Å². The summed E-state index contributed by atoms with van der Waals surface area (Å²) in [5, 5.41) is 8.27. The molecule has 1 aromatic heterocycles. The zero-order chi connectivity index (χ0) is 22.5.